The maximum absolute atomic E-state index is 12.6. The smallest absolute Gasteiger partial charge is 0.248 e. The molecule has 2 atom stereocenters. The van der Waals surface area contributed by atoms with Crippen LogP contribution in [0.3, 0.4) is 0 Å². The van der Waals surface area contributed by atoms with Gasteiger partial charge in [-0.15, -0.1) is 0 Å². The van der Waals surface area contributed by atoms with Crippen LogP contribution < -0.4 is 0 Å². The van der Waals surface area contributed by atoms with Gasteiger partial charge >= 0.3 is 0 Å². The Hall–Kier alpha value is -1.84. The van der Waals surface area contributed by atoms with Crippen molar-refractivity contribution in [2.45, 2.75) is 38.9 Å². The van der Waals surface area contributed by atoms with Crippen LogP contribution in [0.25, 0.3) is 0 Å². The Labute approximate surface area is 119 Å². The maximum atomic E-state index is 12.6. The second-order valence-electron chi connectivity index (χ2n) is 5.82. The van der Waals surface area contributed by atoms with Crippen LogP contribution in [0.15, 0.2) is 29.3 Å². The molecule has 2 aliphatic heterocycles. The monoisotopic (exact) mass is 272 g/mol. The highest BCUT2D eigenvalue weighted by molar-refractivity contribution is 5.96. The lowest BCUT2D eigenvalue weighted by molar-refractivity contribution is -0.137. The number of ether oxygens (including phenoxy) is 1. The Bertz CT molecular complexity index is 565. The molecular formula is C16H20N2O2. The summed E-state index contributed by atoms with van der Waals surface area (Å²) in [6.07, 6.45) is 0.791. The van der Waals surface area contributed by atoms with Gasteiger partial charge in [0.15, 0.2) is 0 Å². The second-order valence-corrected chi connectivity index (χ2v) is 5.82. The number of methoxy groups -OCH3 is 1. The van der Waals surface area contributed by atoms with E-state index in [4.69, 9.17) is 4.74 Å². The van der Waals surface area contributed by atoms with Gasteiger partial charge in [0, 0.05) is 13.0 Å². The zero-order valence-corrected chi connectivity index (χ0v) is 12.2. The first-order valence-electron chi connectivity index (χ1n) is 7.10. The zero-order valence-electron chi connectivity index (χ0n) is 12.2. The van der Waals surface area contributed by atoms with E-state index in [1.54, 1.807) is 7.11 Å². The van der Waals surface area contributed by atoms with Gasteiger partial charge in [-0.1, -0.05) is 38.1 Å². The number of rotatable bonds is 1. The van der Waals surface area contributed by atoms with E-state index < -0.39 is 0 Å². The molecule has 0 unspecified atom stereocenters. The van der Waals surface area contributed by atoms with Gasteiger partial charge < -0.3 is 9.64 Å². The number of fused-ring (bicyclic) bond motifs is 2. The largest absolute Gasteiger partial charge is 0.483 e. The number of nitrogens with zero attached hydrogens (tertiary/aromatic N) is 2. The van der Waals surface area contributed by atoms with Gasteiger partial charge in [0.05, 0.1) is 7.11 Å². The molecule has 1 aromatic rings. The standard InChI is InChI=1S/C16H20N2O2/c1-10(2)14-16(19)18-9-12-7-5-4-6-11(12)8-13(18)15(17-14)20-3/h4-7,10,13-14H,8-9H2,1-3H3/t13-,14+/m0/s1. The van der Waals surface area contributed by atoms with Crippen LogP contribution in [0.5, 0.6) is 0 Å². The molecule has 0 aliphatic carbocycles. The second kappa shape index (κ2) is 4.93. The van der Waals surface area contributed by atoms with E-state index in [2.05, 4.69) is 17.1 Å². The first kappa shape index (κ1) is 13.2. The van der Waals surface area contributed by atoms with Gasteiger partial charge in [-0.3, -0.25) is 4.79 Å². The summed E-state index contributed by atoms with van der Waals surface area (Å²) in [6.45, 7) is 4.71. The van der Waals surface area contributed by atoms with E-state index in [9.17, 15) is 4.79 Å². The van der Waals surface area contributed by atoms with Crippen LogP contribution in [-0.4, -0.2) is 35.9 Å². The first-order chi connectivity index (χ1) is 9.61. The number of carbonyl (C=O) groups excluding carboxylic acids is 1. The molecule has 3 rings (SSSR count). The number of hydrogen-bond donors (Lipinski definition) is 0. The minimum Gasteiger partial charge on any atom is -0.483 e. The van der Waals surface area contributed by atoms with Gasteiger partial charge in [0.2, 0.25) is 11.8 Å². The molecular weight excluding hydrogens is 252 g/mol. The summed E-state index contributed by atoms with van der Waals surface area (Å²) in [7, 11) is 1.64. The molecule has 0 N–H and O–H groups in total. The molecule has 1 aromatic carbocycles. The summed E-state index contributed by atoms with van der Waals surface area (Å²) in [5.41, 5.74) is 2.52. The maximum Gasteiger partial charge on any atom is 0.248 e. The molecule has 2 heterocycles. The molecule has 0 spiro atoms. The Kier molecular flexibility index (Phi) is 3.24. The number of benzene rings is 1. The Morgan fingerprint density at radius 3 is 2.65 bits per heavy atom. The molecule has 0 radical (unpaired) electrons. The van der Waals surface area contributed by atoms with E-state index in [1.807, 2.05) is 30.9 Å². The van der Waals surface area contributed by atoms with E-state index in [1.165, 1.54) is 11.1 Å². The van der Waals surface area contributed by atoms with E-state index in [-0.39, 0.29) is 23.9 Å². The van der Waals surface area contributed by atoms with Crippen LogP contribution in [-0.2, 0) is 22.5 Å². The quantitative estimate of drug-likeness (QED) is 0.785. The van der Waals surface area contributed by atoms with Crippen LogP contribution in [0.2, 0.25) is 0 Å². The fraction of sp³-hybridized carbons (Fsp3) is 0.500. The Morgan fingerprint density at radius 2 is 2.00 bits per heavy atom. The fourth-order valence-electron chi connectivity index (χ4n) is 3.05. The summed E-state index contributed by atoms with van der Waals surface area (Å²) in [5.74, 6) is 1.00. The lowest BCUT2D eigenvalue weighted by Gasteiger charge is -2.41. The number of carbonyl (C=O) groups is 1. The average molecular weight is 272 g/mol. The van der Waals surface area contributed by atoms with Crippen LogP contribution in [0.4, 0.5) is 0 Å². The van der Waals surface area contributed by atoms with Crippen molar-refractivity contribution in [2.75, 3.05) is 7.11 Å². The molecule has 106 valence electrons. The SMILES string of the molecule is COC1=N[C@H](C(C)C)C(=O)N2Cc3ccccc3C[C@@H]12. The van der Waals surface area contributed by atoms with E-state index >= 15 is 0 Å². The van der Waals surface area contributed by atoms with Crippen molar-refractivity contribution in [3.8, 4) is 0 Å². The molecule has 0 aromatic heterocycles. The number of hydrogen-bond acceptors (Lipinski definition) is 3. The normalized spacial score (nSPS) is 25.1. The predicted molar refractivity (Wildman–Crippen MR) is 77.6 cm³/mol. The average Bonchev–Trinajstić information content (AvgIpc) is 2.46. The molecule has 4 heteroatoms. The van der Waals surface area contributed by atoms with Gasteiger partial charge in [-0.25, -0.2) is 4.99 Å². The first-order valence-corrected chi connectivity index (χ1v) is 7.10. The van der Waals surface area contributed by atoms with Crippen molar-refractivity contribution >= 4 is 11.8 Å². The number of amides is 1. The lowest BCUT2D eigenvalue weighted by atomic mass is 9.90. The molecule has 0 bridgehead atoms. The highest BCUT2D eigenvalue weighted by Gasteiger charge is 2.42. The minimum absolute atomic E-state index is 0.0441. The highest BCUT2D eigenvalue weighted by Crippen LogP contribution is 2.29. The molecule has 2 aliphatic rings. The highest BCUT2D eigenvalue weighted by atomic mass is 16.5. The lowest BCUT2D eigenvalue weighted by Crippen LogP contribution is -2.56. The third-order valence-corrected chi connectivity index (χ3v) is 4.18. The predicted octanol–water partition coefficient (Wildman–Crippen LogP) is 2.02. The fourth-order valence-corrected chi connectivity index (χ4v) is 3.05. The summed E-state index contributed by atoms with van der Waals surface area (Å²) in [6, 6.07) is 7.93. The molecule has 4 nitrogen and oxygen atoms in total. The van der Waals surface area contributed by atoms with Crippen LogP contribution in [0, 0.1) is 5.92 Å². The Morgan fingerprint density at radius 1 is 1.30 bits per heavy atom. The van der Waals surface area contributed by atoms with Crippen LogP contribution >= 0.6 is 0 Å². The van der Waals surface area contributed by atoms with Crippen LogP contribution in [0.1, 0.15) is 25.0 Å². The third-order valence-electron chi connectivity index (χ3n) is 4.18. The molecule has 0 saturated carbocycles. The molecule has 20 heavy (non-hydrogen) atoms. The van der Waals surface area contributed by atoms with Gasteiger partial charge in [-0.2, -0.15) is 0 Å². The topological polar surface area (TPSA) is 41.9 Å². The Balaban J connectivity index is 2.01. The van der Waals surface area contributed by atoms with Crippen molar-refractivity contribution in [1.82, 2.24) is 4.90 Å². The van der Waals surface area contributed by atoms with Crippen molar-refractivity contribution in [3.05, 3.63) is 35.4 Å². The van der Waals surface area contributed by atoms with Gasteiger partial charge in [-0.05, 0) is 17.0 Å². The summed E-state index contributed by atoms with van der Waals surface area (Å²) >= 11 is 0. The van der Waals surface area contributed by atoms with E-state index in [0.717, 1.165) is 6.42 Å². The summed E-state index contributed by atoms with van der Waals surface area (Å²) in [5, 5.41) is 0. The minimum atomic E-state index is -0.313. The summed E-state index contributed by atoms with van der Waals surface area (Å²) < 4.78 is 5.46. The molecule has 0 fully saturated rings. The van der Waals surface area contributed by atoms with Gasteiger partial charge in [0.1, 0.15) is 12.1 Å². The van der Waals surface area contributed by atoms with Crippen molar-refractivity contribution < 1.29 is 9.53 Å². The number of aliphatic imine (C=N–C) groups is 1. The van der Waals surface area contributed by atoms with Crippen molar-refractivity contribution in [1.29, 1.82) is 0 Å². The van der Waals surface area contributed by atoms with Gasteiger partial charge in [0.25, 0.3) is 0 Å². The van der Waals surface area contributed by atoms with Crippen molar-refractivity contribution in [2.24, 2.45) is 10.9 Å². The zero-order chi connectivity index (χ0) is 14.3. The third kappa shape index (κ3) is 1.99. The van der Waals surface area contributed by atoms with Crippen molar-refractivity contribution in [3.63, 3.8) is 0 Å². The summed E-state index contributed by atoms with van der Waals surface area (Å²) in [4.78, 5) is 19.1. The van der Waals surface area contributed by atoms with E-state index in [0.29, 0.717) is 12.4 Å². The molecule has 1 amide bonds. The molecule has 0 saturated heterocycles.